The summed E-state index contributed by atoms with van der Waals surface area (Å²) in [5.41, 5.74) is 12.5. The minimum Gasteiger partial charge on any atom is -0.508 e. The Balaban J connectivity index is 1.37. The highest BCUT2D eigenvalue weighted by molar-refractivity contribution is 6.30. The first-order chi connectivity index (χ1) is 40.4. The van der Waals surface area contributed by atoms with Crippen molar-refractivity contribution in [3.63, 3.8) is 0 Å². The number of carbonyl (C=O) groups is 10. The van der Waals surface area contributed by atoms with Gasteiger partial charge in [0, 0.05) is 62.2 Å². The number of rotatable bonds is 32. The average molecular weight is 1200 g/mol. The zero-order chi connectivity index (χ0) is 62.3. The van der Waals surface area contributed by atoms with Gasteiger partial charge in [0.2, 0.25) is 59.1 Å². The monoisotopic (exact) mass is 1200 g/mol. The van der Waals surface area contributed by atoms with Crippen molar-refractivity contribution >= 4 is 76.6 Å². The third-order valence-electron chi connectivity index (χ3n) is 14.2. The van der Waals surface area contributed by atoms with Crippen LogP contribution in [0.15, 0.2) is 66.0 Å². The molecule has 0 radical (unpaired) electrons. The van der Waals surface area contributed by atoms with E-state index in [0.717, 1.165) is 0 Å². The summed E-state index contributed by atoms with van der Waals surface area (Å²) in [6, 6.07) is 0.672. The second-order valence-electron chi connectivity index (χ2n) is 22.0. The zero-order valence-corrected chi connectivity index (χ0v) is 49.3. The van der Waals surface area contributed by atoms with E-state index in [1.807, 2.05) is 13.8 Å². The van der Waals surface area contributed by atoms with Crippen molar-refractivity contribution in [1.29, 1.82) is 0 Å². The number of likely N-dealkylation sites (N-methyl/N-ethyl adjacent to an activating group) is 1. The number of hydrogen-bond donors (Lipinski definition) is 14. The number of aliphatic imine (C=N–C) groups is 1. The molecule has 2 aliphatic heterocycles. The van der Waals surface area contributed by atoms with Crippen LogP contribution >= 0.6 is 11.6 Å². The van der Waals surface area contributed by atoms with Gasteiger partial charge in [-0.25, -0.2) is 4.98 Å². The van der Waals surface area contributed by atoms with E-state index in [1.54, 1.807) is 45.0 Å². The number of benzene rings is 2. The first kappa shape index (κ1) is 67.5. The average Bonchev–Trinajstić information content (AvgIpc) is 4.30. The van der Waals surface area contributed by atoms with Crippen molar-refractivity contribution in [3.05, 3.63) is 82.9 Å². The summed E-state index contributed by atoms with van der Waals surface area (Å²) < 4.78 is 0. The van der Waals surface area contributed by atoms with Crippen molar-refractivity contribution in [3.8, 4) is 5.75 Å². The summed E-state index contributed by atoms with van der Waals surface area (Å²) in [7, 11) is 0. The Morgan fingerprint density at radius 1 is 0.694 bits per heavy atom. The first-order valence-corrected chi connectivity index (χ1v) is 29.0. The van der Waals surface area contributed by atoms with E-state index >= 15 is 0 Å². The van der Waals surface area contributed by atoms with E-state index in [4.69, 9.17) is 23.1 Å². The van der Waals surface area contributed by atoms with Crippen LogP contribution in [0.25, 0.3) is 0 Å². The first-order valence-electron chi connectivity index (χ1n) is 28.6. The molecular formula is C57H82ClN15O12. The van der Waals surface area contributed by atoms with Crippen LogP contribution in [0.4, 0.5) is 0 Å². The lowest BCUT2D eigenvalue weighted by Crippen LogP contribution is -2.61. The van der Waals surface area contributed by atoms with Crippen molar-refractivity contribution in [2.75, 3.05) is 26.2 Å². The Hall–Kier alpha value is -8.33. The van der Waals surface area contributed by atoms with Crippen molar-refractivity contribution in [2.45, 2.75) is 160 Å². The van der Waals surface area contributed by atoms with Gasteiger partial charge < -0.3 is 79.4 Å². The predicted octanol–water partition coefficient (Wildman–Crippen LogP) is -1.27. The smallest absolute Gasteiger partial charge is 0.245 e. The molecule has 16 N–H and O–H groups in total. The maximum atomic E-state index is 14.6. The number of imidazole rings is 1. The van der Waals surface area contributed by atoms with Crippen LogP contribution in [0.2, 0.25) is 5.02 Å². The highest BCUT2D eigenvalue weighted by atomic mass is 35.5. The number of guanidine groups is 1. The molecule has 10 amide bonds. The number of likely N-dealkylation sites (tertiary alicyclic amines) is 1. The third kappa shape index (κ3) is 21.7. The minimum absolute atomic E-state index is 0.0369. The molecule has 2 saturated heterocycles. The fraction of sp³-hybridized carbons (Fsp3) is 0.544. The summed E-state index contributed by atoms with van der Waals surface area (Å²) >= 11 is 6.16. The Bertz CT molecular complexity index is 2800. The molecule has 28 heteroatoms. The van der Waals surface area contributed by atoms with Crippen LogP contribution < -0.4 is 59.3 Å². The highest BCUT2D eigenvalue weighted by Crippen LogP contribution is 2.21. The Morgan fingerprint density at radius 3 is 1.69 bits per heavy atom. The van der Waals surface area contributed by atoms with Gasteiger partial charge in [-0.2, -0.15) is 0 Å². The summed E-state index contributed by atoms with van der Waals surface area (Å²) in [4.78, 5) is 151. The predicted molar refractivity (Wildman–Crippen MR) is 313 cm³/mol. The normalized spacial score (nSPS) is 17.2. The number of aliphatic hydroxyl groups excluding tert-OH is 1. The Morgan fingerprint density at radius 2 is 1.20 bits per heavy atom. The van der Waals surface area contributed by atoms with Crippen LogP contribution in [0.3, 0.4) is 0 Å². The number of aliphatic hydroxyl groups is 1. The number of phenols is 1. The molecule has 2 aliphatic rings. The van der Waals surface area contributed by atoms with Gasteiger partial charge in [-0.3, -0.25) is 52.9 Å². The van der Waals surface area contributed by atoms with Crippen molar-refractivity contribution in [2.24, 2.45) is 28.3 Å². The summed E-state index contributed by atoms with van der Waals surface area (Å²) in [6.07, 6.45) is 4.08. The lowest BCUT2D eigenvalue weighted by atomic mass is 9.98. The molecule has 2 fully saturated rings. The number of hydrogen-bond acceptors (Lipinski definition) is 14. The van der Waals surface area contributed by atoms with Gasteiger partial charge >= 0.3 is 0 Å². The van der Waals surface area contributed by atoms with Gasteiger partial charge in [0.1, 0.15) is 60.1 Å². The fourth-order valence-electron chi connectivity index (χ4n) is 9.84. The van der Waals surface area contributed by atoms with Gasteiger partial charge in [-0.15, -0.1) is 0 Å². The number of aromatic hydroxyl groups is 1. The fourth-order valence-corrected chi connectivity index (χ4v) is 9.97. The summed E-state index contributed by atoms with van der Waals surface area (Å²) in [5.74, 6) is -7.63. The molecule has 3 aromatic rings. The van der Waals surface area contributed by atoms with Gasteiger partial charge in [0.15, 0.2) is 5.96 Å². The van der Waals surface area contributed by atoms with E-state index < -0.39 is 108 Å². The molecule has 0 spiro atoms. The van der Waals surface area contributed by atoms with E-state index in [1.165, 1.54) is 41.7 Å². The molecule has 0 aliphatic carbocycles. The van der Waals surface area contributed by atoms with Gasteiger partial charge in [-0.1, -0.05) is 63.6 Å². The van der Waals surface area contributed by atoms with Crippen molar-refractivity contribution in [1.82, 2.24) is 62.7 Å². The van der Waals surface area contributed by atoms with Crippen LogP contribution in [0.5, 0.6) is 5.75 Å². The maximum absolute atomic E-state index is 14.6. The maximum Gasteiger partial charge on any atom is 0.245 e. The van der Waals surface area contributed by atoms with E-state index in [0.29, 0.717) is 41.2 Å². The van der Waals surface area contributed by atoms with Crippen molar-refractivity contribution < 1.29 is 58.2 Å². The van der Waals surface area contributed by atoms with Crippen LogP contribution in [0, 0.1) is 11.8 Å². The van der Waals surface area contributed by atoms with Gasteiger partial charge in [-0.05, 0) is 99.1 Å². The molecule has 0 unspecified atom stereocenters. The number of carbonyl (C=O) groups excluding carboxylic acids is 10. The number of nitrogens with two attached hydrogens (primary N) is 2. The van der Waals surface area contributed by atoms with Gasteiger partial charge in [0.25, 0.3) is 0 Å². The number of amides is 10. The summed E-state index contributed by atoms with van der Waals surface area (Å²) in [5, 5.41) is 45.2. The standard InChI is InChI=1S/C57H82ClN15O12/c1-6-62-55(84)46-10-8-22-73(46)56(85)39(9-7-21-63-57(59)60)66-49(78)40(23-31(2)3)67-50(79)41(24-32(4)5)68-51(80)42(26-34-13-17-37(75)18-14-34)70-54(83)45(29-74)72-52(81)43(25-33-11-15-35(58)16-12-33)69-53(82)44(27-36-28-61-30-64-36)71-48(77)38-19-20-47(76)65-38/h11-18,28,30-32,38-46,74-75H,6-10,19-27,29H2,1-5H3,(H,61,64)(H,62,84)(H,65,76)(H,66,78)(H,67,79)(H,68,80)(H,69,82)(H,70,83)(H,71,77)(H,72,81)(H4,59,60,63)/t38-,39-,40-,41+,42-,43-,44-,45-,46+/m0/s1. The molecule has 85 heavy (non-hydrogen) atoms. The van der Waals surface area contributed by atoms with Crippen LogP contribution in [-0.2, 0) is 67.2 Å². The number of aromatic nitrogens is 2. The molecular weight excluding hydrogens is 1120 g/mol. The number of H-pyrrole nitrogens is 1. The molecule has 5 rings (SSSR count). The number of aromatic amines is 1. The summed E-state index contributed by atoms with van der Waals surface area (Å²) in [6.45, 7) is 8.79. The third-order valence-corrected chi connectivity index (χ3v) is 14.4. The Kier molecular flexibility index (Phi) is 26.4. The molecule has 2 aromatic carbocycles. The number of nitrogens with one attached hydrogen (secondary N) is 10. The molecule has 0 saturated carbocycles. The highest BCUT2D eigenvalue weighted by Gasteiger charge is 2.40. The quantitative estimate of drug-likeness (QED) is 0.0197. The topological polar surface area (TPSA) is 416 Å². The SMILES string of the molecule is CCNC(=O)[C@H]1CCCN1C(=O)[C@H](CCCN=C(N)N)NC(=O)[C@H](CC(C)C)NC(=O)[C@@H](CC(C)C)NC(=O)[C@H](Cc1ccc(O)cc1)NC(=O)[C@H](CO)NC(=O)[C@H](Cc1ccc(Cl)cc1)NC(=O)[C@H](Cc1cnc[nH]1)NC(=O)[C@@H]1CCC(=O)N1. The number of halogens is 1. The minimum atomic E-state index is -1.75. The lowest BCUT2D eigenvalue weighted by molar-refractivity contribution is -0.142. The number of nitrogens with zero attached hydrogens (tertiary/aromatic N) is 3. The largest absolute Gasteiger partial charge is 0.508 e. The zero-order valence-electron chi connectivity index (χ0n) is 48.6. The second kappa shape index (κ2) is 33.2. The van der Waals surface area contributed by atoms with Gasteiger partial charge in [0.05, 0.1) is 12.9 Å². The van der Waals surface area contributed by atoms with Crippen LogP contribution in [-0.4, -0.2) is 171 Å². The molecule has 9 atom stereocenters. The molecule has 1 aromatic heterocycles. The van der Waals surface area contributed by atoms with Crippen LogP contribution in [0.1, 0.15) is 103 Å². The van der Waals surface area contributed by atoms with E-state index in [-0.39, 0.29) is 106 Å². The number of phenolic OH excluding ortho intramolecular Hbond substituents is 1. The van der Waals surface area contributed by atoms with E-state index in [9.17, 15) is 58.2 Å². The second-order valence-corrected chi connectivity index (χ2v) is 22.5. The lowest BCUT2D eigenvalue weighted by Gasteiger charge is -2.31. The molecule has 0 bridgehead atoms. The molecule has 27 nitrogen and oxygen atoms in total. The van der Waals surface area contributed by atoms with E-state index in [2.05, 4.69) is 62.8 Å². The Labute approximate surface area is 498 Å². The molecule has 464 valence electrons. The molecule has 3 heterocycles.